The second-order valence-corrected chi connectivity index (χ2v) is 4.78. The van der Waals surface area contributed by atoms with E-state index in [-0.39, 0.29) is 25.0 Å². The van der Waals surface area contributed by atoms with Gasteiger partial charge in [0, 0.05) is 18.5 Å². The number of fused-ring (bicyclic) bond motifs is 1. The van der Waals surface area contributed by atoms with E-state index in [2.05, 4.69) is 10.6 Å². The van der Waals surface area contributed by atoms with Crippen molar-refractivity contribution >= 4 is 11.9 Å². The van der Waals surface area contributed by atoms with Crippen LogP contribution in [0.2, 0.25) is 0 Å². The van der Waals surface area contributed by atoms with Crippen molar-refractivity contribution in [3.8, 4) is 11.5 Å². The van der Waals surface area contributed by atoms with E-state index in [4.69, 9.17) is 15.2 Å². The van der Waals surface area contributed by atoms with Crippen LogP contribution in [0.3, 0.4) is 0 Å². The zero-order valence-electron chi connectivity index (χ0n) is 11.8. The molecule has 114 valence electrons. The fourth-order valence-corrected chi connectivity index (χ4v) is 2.18. The van der Waals surface area contributed by atoms with Gasteiger partial charge in [0.25, 0.3) is 0 Å². The summed E-state index contributed by atoms with van der Waals surface area (Å²) in [5.74, 6) is 0.973. The molecule has 4 N–H and O–H groups in total. The number of urea groups is 1. The van der Waals surface area contributed by atoms with Crippen LogP contribution in [0, 0.1) is 0 Å². The third-order valence-corrected chi connectivity index (χ3v) is 3.17. The first kappa shape index (κ1) is 15.0. The quantitative estimate of drug-likeness (QED) is 0.720. The molecule has 0 spiro atoms. The number of carbonyl (C=O) groups is 2. The van der Waals surface area contributed by atoms with Crippen LogP contribution in [-0.4, -0.2) is 38.2 Å². The maximum absolute atomic E-state index is 11.7. The van der Waals surface area contributed by atoms with Crippen molar-refractivity contribution < 1.29 is 19.1 Å². The van der Waals surface area contributed by atoms with Gasteiger partial charge < -0.3 is 25.8 Å². The van der Waals surface area contributed by atoms with Gasteiger partial charge >= 0.3 is 6.03 Å². The normalized spacial score (nSPS) is 16.3. The number of carbonyl (C=O) groups excluding carboxylic acids is 2. The van der Waals surface area contributed by atoms with E-state index >= 15 is 0 Å². The summed E-state index contributed by atoms with van der Waals surface area (Å²) in [5, 5.41) is 5.38. The zero-order chi connectivity index (χ0) is 15.2. The number of amides is 3. The van der Waals surface area contributed by atoms with Crippen LogP contribution in [0.1, 0.15) is 12.0 Å². The van der Waals surface area contributed by atoms with E-state index in [0.717, 1.165) is 11.3 Å². The van der Waals surface area contributed by atoms with Crippen molar-refractivity contribution in [2.45, 2.75) is 18.9 Å². The predicted octanol–water partition coefficient (Wildman–Crippen LogP) is 0.173. The Hall–Kier alpha value is -2.44. The molecule has 0 radical (unpaired) electrons. The second-order valence-electron chi connectivity index (χ2n) is 4.78. The number of nitrogens with one attached hydrogen (secondary N) is 2. The standard InChI is InChI=1S/C14H19N3O4/c1-20-11-4-2-3-9-7-10(8-21-13(9)11)17-14(19)16-6-5-12(15)18/h2-4,10H,5-8H2,1H3,(H2,15,18)(H2,16,17,19)/t10-/m0/s1. The van der Waals surface area contributed by atoms with Gasteiger partial charge in [-0.25, -0.2) is 4.79 Å². The van der Waals surface area contributed by atoms with Gasteiger partial charge in [-0.3, -0.25) is 4.79 Å². The highest BCUT2D eigenvalue weighted by Crippen LogP contribution is 2.34. The highest BCUT2D eigenvalue weighted by Gasteiger charge is 2.23. The Labute approximate surface area is 122 Å². The van der Waals surface area contributed by atoms with Crippen molar-refractivity contribution in [2.75, 3.05) is 20.3 Å². The summed E-state index contributed by atoms with van der Waals surface area (Å²) in [6, 6.07) is 5.20. The lowest BCUT2D eigenvalue weighted by atomic mass is 10.0. The molecule has 7 nitrogen and oxygen atoms in total. The summed E-state index contributed by atoms with van der Waals surface area (Å²) < 4.78 is 10.9. The van der Waals surface area contributed by atoms with Crippen LogP contribution in [0.5, 0.6) is 11.5 Å². The molecule has 0 bridgehead atoms. The van der Waals surface area contributed by atoms with E-state index in [1.807, 2.05) is 18.2 Å². The van der Waals surface area contributed by atoms with E-state index in [1.165, 1.54) is 0 Å². The number of para-hydroxylation sites is 1. The first-order valence-electron chi connectivity index (χ1n) is 6.71. The molecule has 0 aromatic heterocycles. The first-order chi connectivity index (χ1) is 10.1. The van der Waals surface area contributed by atoms with Crippen molar-refractivity contribution in [3.63, 3.8) is 0 Å². The third kappa shape index (κ3) is 4.01. The van der Waals surface area contributed by atoms with Crippen LogP contribution < -0.4 is 25.8 Å². The number of primary amides is 1. The molecule has 0 fully saturated rings. The number of methoxy groups -OCH3 is 1. The highest BCUT2D eigenvalue weighted by atomic mass is 16.5. The molecule has 0 saturated heterocycles. The molecule has 0 unspecified atom stereocenters. The maximum Gasteiger partial charge on any atom is 0.315 e. The Morgan fingerprint density at radius 3 is 3.00 bits per heavy atom. The Balaban J connectivity index is 1.87. The van der Waals surface area contributed by atoms with Crippen molar-refractivity contribution in [2.24, 2.45) is 5.73 Å². The lowest BCUT2D eigenvalue weighted by molar-refractivity contribution is -0.117. The number of hydrogen-bond acceptors (Lipinski definition) is 4. The molecule has 2 rings (SSSR count). The summed E-state index contributed by atoms with van der Waals surface area (Å²) in [4.78, 5) is 22.3. The monoisotopic (exact) mass is 293 g/mol. The second kappa shape index (κ2) is 6.83. The van der Waals surface area contributed by atoms with Crippen molar-refractivity contribution in [1.82, 2.24) is 10.6 Å². The summed E-state index contributed by atoms with van der Waals surface area (Å²) >= 11 is 0. The smallest absolute Gasteiger partial charge is 0.315 e. The van der Waals surface area contributed by atoms with E-state index in [9.17, 15) is 9.59 Å². The lowest BCUT2D eigenvalue weighted by Crippen LogP contribution is -2.47. The van der Waals surface area contributed by atoms with Gasteiger partial charge in [-0.1, -0.05) is 12.1 Å². The van der Waals surface area contributed by atoms with E-state index < -0.39 is 5.91 Å². The van der Waals surface area contributed by atoms with Crippen LogP contribution >= 0.6 is 0 Å². The fourth-order valence-electron chi connectivity index (χ4n) is 2.18. The average Bonchev–Trinajstić information content (AvgIpc) is 2.45. The van der Waals surface area contributed by atoms with Gasteiger partial charge in [0.1, 0.15) is 6.61 Å². The SMILES string of the molecule is COc1cccc2c1OC[C@@H](NC(=O)NCCC(N)=O)C2. The van der Waals surface area contributed by atoms with Crippen LogP contribution in [0.4, 0.5) is 4.79 Å². The molecule has 1 aliphatic heterocycles. The van der Waals surface area contributed by atoms with Gasteiger partial charge in [-0.2, -0.15) is 0 Å². The van der Waals surface area contributed by atoms with Gasteiger partial charge in [-0.15, -0.1) is 0 Å². The maximum atomic E-state index is 11.7. The molecular formula is C14H19N3O4. The molecule has 1 atom stereocenters. The van der Waals surface area contributed by atoms with Gasteiger partial charge in [0.05, 0.1) is 13.2 Å². The van der Waals surface area contributed by atoms with Crippen LogP contribution in [0.25, 0.3) is 0 Å². The fraction of sp³-hybridized carbons (Fsp3) is 0.429. The predicted molar refractivity (Wildman–Crippen MR) is 76.3 cm³/mol. The van der Waals surface area contributed by atoms with Crippen LogP contribution in [-0.2, 0) is 11.2 Å². The number of ether oxygens (including phenoxy) is 2. The Morgan fingerprint density at radius 2 is 2.29 bits per heavy atom. The molecule has 21 heavy (non-hydrogen) atoms. The minimum atomic E-state index is -0.447. The molecule has 1 aliphatic rings. The largest absolute Gasteiger partial charge is 0.493 e. The number of hydrogen-bond donors (Lipinski definition) is 3. The van der Waals surface area contributed by atoms with E-state index in [0.29, 0.717) is 18.8 Å². The molecule has 0 aliphatic carbocycles. The Kier molecular flexibility index (Phi) is 4.86. The van der Waals surface area contributed by atoms with Gasteiger partial charge in [0.2, 0.25) is 5.91 Å². The molecule has 0 saturated carbocycles. The van der Waals surface area contributed by atoms with Crippen LogP contribution in [0.15, 0.2) is 18.2 Å². The Morgan fingerprint density at radius 1 is 1.48 bits per heavy atom. The highest BCUT2D eigenvalue weighted by molar-refractivity contribution is 5.77. The first-order valence-corrected chi connectivity index (χ1v) is 6.71. The minimum absolute atomic E-state index is 0.120. The molecule has 1 aromatic rings. The summed E-state index contributed by atoms with van der Waals surface area (Å²) in [7, 11) is 1.59. The minimum Gasteiger partial charge on any atom is -0.493 e. The molecule has 1 aromatic carbocycles. The Bertz CT molecular complexity index is 533. The lowest BCUT2D eigenvalue weighted by Gasteiger charge is -2.27. The van der Waals surface area contributed by atoms with Crippen molar-refractivity contribution in [1.29, 1.82) is 0 Å². The topological polar surface area (TPSA) is 103 Å². The number of benzene rings is 1. The molecular weight excluding hydrogens is 274 g/mol. The van der Waals surface area contributed by atoms with Gasteiger partial charge in [0.15, 0.2) is 11.5 Å². The summed E-state index contributed by atoms with van der Waals surface area (Å²) in [6.07, 6.45) is 0.782. The molecule has 3 amide bonds. The molecule has 1 heterocycles. The van der Waals surface area contributed by atoms with Crippen molar-refractivity contribution in [3.05, 3.63) is 23.8 Å². The summed E-state index contributed by atoms with van der Waals surface area (Å²) in [5.41, 5.74) is 5.99. The van der Waals surface area contributed by atoms with E-state index in [1.54, 1.807) is 7.11 Å². The van der Waals surface area contributed by atoms with Gasteiger partial charge in [-0.05, 0) is 12.5 Å². The number of nitrogens with two attached hydrogens (primary N) is 1. The third-order valence-electron chi connectivity index (χ3n) is 3.17. The number of rotatable bonds is 5. The average molecular weight is 293 g/mol. The summed E-state index contributed by atoms with van der Waals surface area (Å²) in [6.45, 7) is 0.593. The zero-order valence-corrected chi connectivity index (χ0v) is 11.8. The molecule has 7 heteroatoms.